The minimum atomic E-state index is -0.760. The molecule has 0 radical (unpaired) electrons. The van der Waals surface area contributed by atoms with E-state index >= 15 is 0 Å². The summed E-state index contributed by atoms with van der Waals surface area (Å²) >= 11 is 0. The summed E-state index contributed by atoms with van der Waals surface area (Å²) in [5.74, 6) is -0.760. The molecule has 3 N–H and O–H groups in total. The average molecular weight is 542 g/mol. The fourth-order valence-electron chi connectivity index (χ4n) is 5.12. The van der Waals surface area contributed by atoms with E-state index in [4.69, 9.17) is 4.74 Å². The zero-order chi connectivity index (χ0) is 28.1. The Hall–Kier alpha value is -3.80. The van der Waals surface area contributed by atoms with Crippen molar-refractivity contribution in [1.82, 2.24) is 29.9 Å². The van der Waals surface area contributed by atoms with Crippen LogP contribution in [-0.4, -0.2) is 56.1 Å². The van der Waals surface area contributed by atoms with E-state index in [2.05, 4.69) is 32.7 Å². The third-order valence-electron chi connectivity index (χ3n) is 7.26. The van der Waals surface area contributed by atoms with Crippen LogP contribution in [0.15, 0.2) is 41.7 Å². The lowest BCUT2D eigenvalue weighted by Crippen LogP contribution is -2.49. The number of H-pyrrole nitrogens is 1. The molecule has 0 saturated heterocycles. The summed E-state index contributed by atoms with van der Waals surface area (Å²) in [6.07, 6.45) is 9.16. The summed E-state index contributed by atoms with van der Waals surface area (Å²) < 4.78 is 22.2. The van der Waals surface area contributed by atoms with Crippen LogP contribution in [-0.2, 0) is 9.53 Å². The van der Waals surface area contributed by atoms with E-state index in [1.54, 1.807) is 23.1 Å². The minimum absolute atomic E-state index is 0.0141. The van der Waals surface area contributed by atoms with Crippen LogP contribution in [0, 0.1) is 17.7 Å². The van der Waals surface area contributed by atoms with Crippen molar-refractivity contribution in [3.8, 4) is 0 Å². The molecule has 0 aliphatic heterocycles. The Morgan fingerprint density at radius 3 is 2.67 bits per heavy atom. The molecule has 11 nitrogen and oxygen atoms in total. The van der Waals surface area contributed by atoms with E-state index in [1.807, 2.05) is 13.8 Å². The lowest BCUT2D eigenvalue weighted by molar-refractivity contribution is -0.119. The predicted octanol–water partition coefficient (Wildman–Crippen LogP) is 3.29. The Balaban J connectivity index is 1.55. The van der Waals surface area contributed by atoms with Gasteiger partial charge >= 0.3 is 0 Å². The number of rotatable bonds is 10. The number of anilines is 1. The van der Waals surface area contributed by atoms with Crippen molar-refractivity contribution >= 4 is 17.5 Å². The number of pyridine rings is 1. The van der Waals surface area contributed by atoms with Crippen LogP contribution in [0.3, 0.4) is 0 Å². The molecular weight excluding hydrogens is 505 g/mol. The number of carbonyl (C=O) groups is 2. The van der Waals surface area contributed by atoms with E-state index in [-0.39, 0.29) is 35.9 Å². The van der Waals surface area contributed by atoms with Crippen LogP contribution in [0.5, 0.6) is 0 Å². The zero-order valence-corrected chi connectivity index (χ0v) is 22.7. The molecular formula is C27H36FN7O4. The SMILES string of the molecule is COCC(c1cc(F)c[nH]c1=O)n1cc(NC(=O)[C@@H](NC(=O)c2ccnn2C(C)C)C2CCC(C)CC2)cn1. The van der Waals surface area contributed by atoms with E-state index in [9.17, 15) is 18.8 Å². The fraction of sp³-hybridized carbons (Fsp3) is 0.519. The van der Waals surface area contributed by atoms with Crippen molar-refractivity contribution in [1.29, 1.82) is 0 Å². The van der Waals surface area contributed by atoms with Crippen LogP contribution in [0.1, 0.15) is 74.6 Å². The first-order valence-electron chi connectivity index (χ1n) is 13.2. The van der Waals surface area contributed by atoms with E-state index < -0.39 is 23.5 Å². The second-order valence-corrected chi connectivity index (χ2v) is 10.5. The molecule has 1 unspecified atom stereocenters. The number of methoxy groups -OCH3 is 1. The molecule has 1 saturated carbocycles. The molecule has 3 heterocycles. The Kier molecular flexibility index (Phi) is 8.95. The number of aromatic nitrogens is 5. The Bertz CT molecular complexity index is 1340. The third kappa shape index (κ3) is 6.62. The highest BCUT2D eigenvalue weighted by molar-refractivity contribution is 6.00. The van der Waals surface area contributed by atoms with E-state index in [1.165, 1.54) is 18.0 Å². The van der Waals surface area contributed by atoms with Gasteiger partial charge in [0.25, 0.3) is 11.5 Å². The molecule has 3 aromatic rings. The molecule has 39 heavy (non-hydrogen) atoms. The van der Waals surface area contributed by atoms with Gasteiger partial charge in [-0.3, -0.25) is 23.7 Å². The predicted molar refractivity (Wildman–Crippen MR) is 143 cm³/mol. The number of aromatic amines is 1. The number of halogens is 1. The van der Waals surface area contributed by atoms with Crippen LogP contribution in [0.4, 0.5) is 10.1 Å². The average Bonchev–Trinajstić information content (AvgIpc) is 3.58. The Morgan fingerprint density at radius 1 is 1.23 bits per heavy atom. The van der Waals surface area contributed by atoms with Crippen molar-refractivity contribution < 1.29 is 18.7 Å². The molecule has 12 heteroatoms. The summed E-state index contributed by atoms with van der Waals surface area (Å²) in [5.41, 5.74) is 0.447. The van der Waals surface area contributed by atoms with Gasteiger partial charge in [-0.25, -0.2) is 4.39 Å². The molecule has 1 aliphatic rings. The van der Waals surface area contributed by atoms with Gasteiger partial charge in [-0.2, -0.15) is 10.2 Å². The lowest BCUT2D eigenvalue weighted by Gasteiger charge is -2.32. The molecule has 210 valence electrons. The van der Waals surface area contributed by atoms with Crippen molar-refractivity contribution in [2.75, 3.05) is 19.0 Å². The lowest BCUT2D eigenvalue weighted by atomic mass is 9.79. The maximum Gasteiger partial charge on any atom is 0.270 e. The van der Waals surface area contributed by atoms with Gasteiger partial charge in [0.1, 0.15) is 23.6 Å². The van der Waals surface area contributed by atoms with Crippen LogP contribution >= 0.6 is 0 Å². The fourth-order valence-corrected chi connectivity index (χ4v) is 5.12. The Morgan fingerprint density at radius 2 is 1.97 bits per heavy atom. The summed E-state index contributed by atoms with van der Waals surface area (Å²) in [6.45, 7) is 6.12. The number of hydrogen-bond donors (Lipinski definition) is 3. The first-order valence-corrected chi connectivity index (χ1v) is 13.2. The summed E-state index contributed by atoms with van der Waals surface area (Å²) in [6, 6.07) is 1.29. The molecule has 4 rings (SSSR count). The minimum Gasteiger partial charge on any atom is -0.382 e. The van der Waals surface area contributed by atoms with Gasteiger partial charge in [0.15, 0.2) is 0 Å². The summed E-state index contributed by atoms with van der Waals surface area (Å²) in [7, 11) is 1.47. The van der Waals surface area contributed by atoms with Gasteiger partial charge in [0.2, 0.25) is 5.91 Å². The molecule has 0 bridgehead atoms. The number of carbonyl (C=O) groups excluding carboxylic acids is 2. The molecule has 2 amide bonds. The van der Waals surface area contributed by atoms with Crippen LogP contribution in [0.2, 0.25) is 0 Å². The van der Waals surface area contributed by atoms with Crippen molar-refractivity contribution in [3.05, 3.63) is 64.3 Å². The number of nitrogens with one attached hydrogen (secondary N) is 3. The quantitative estimate of drug-likeness (QED) is 0.360. The second kappa shape index (κ2) is 12.4. The highest BCUT2D eigenvalue weighted by atomic mass is 19.1. The number of ether oxygens (including phenoxy) is 1. The maximum absolute atomic E-state index is 13.9. The topological polar surface area (TPSA) is 136 Å². The number of amides is 2. The molecule has 0 aromatic carbocycles. The van der Waals surface area contributed by atoms with Crippen LogP contribution < -0.4 is 16.2 Å². The van der Waals surface area contributed by atoms with Gasteiger partial charge in [0, 0.05) is 37.3 Å². The Labute approximate surface area is 226 Å². The maximum atomic E-state index is 13.9. The molecule has 1 fully saturated rings. The summed E-state index contributed by atoms with van der Waals surface area (Å²) in [4.78, 5) is 41.5. The van der Waals surface area contributed by atoms with Crippen molar-refractivity contribution in [2.45, 2.75) is 64.6 Å². The van der Waals surface area contributed by atoms with Gasteiger partial charge in [-0.1, -0.05) is 19.8 Å². The smallest absolute Gasteiger partial charge is 0.270 e. The summed E-state index contributed by atoms with van der Waals surface area (Å²) in [5, 5.41) is 14.4. The van der Waals surface area contributed by atoms with Crippen molar-refractivity contribution in [3.63, 3.8) is 0 Å². The second-order valence-electron chi connectivity index (χ2n) is 10.5. The highest BCUT2D eigenvalue weighted by Gasteiger charge is 2.34. The monoisotopic (exact) mass is 541 g/mol. The first-order chi connectivity index (χ1) is 18.7. The van der Waals surface area contributed by atoms with Crippen LogP contribution in [0.25, 0.3) is 0 Å². The number of nitrogens with zero attached hydrogens (tertiary/aromatic N) is 4. The number of hydrogen-bond acceptors (Lipinski definition) is 6. The van der Waals surface area contributed by atoms with E-state index in [0.29, 0.717) is 17.3 Å². The largest absolute Gasteiger partial charge is 0.382 e. The first kappa shape index (κ1) is 28.2. The molecule has 1 aliphatic carbocycles. The third-order valence-corrected chi connectivity index (χ3v) is 7.26. The van der Waals surface area contributed by atoms with Gasteiger partial charge < -0.3 is 20.4 Å². The molecule has 0 spiro atoms. The van der Waals surface area contributed by atoms with Gasteiger partial charge in [0.05, 0.1) is 18.5 Å². The van der Waals surface area contributed by atoms with Crippen molar-refractivity contribution in [2.24, 2.45) is 11.8 Å². The molecule has 2 atom stereocenters. The molecule has 3 aromatic heterocycles. The normalized spacial score (nSPS) is 19.0. The highest BCUT2D eigenvalue weighted by Crippen LogP contribution is 2.31. The van der Waals surface area contributed by atoms with Gasteiger partial charge in [-0.05, 0) is 50.7 Å². The van der Waals surface area contributed by atoms with E-state index in [0.717, 1.165) is 37.9 Å². The standard InChI is InChI=1S/C27H36FN7O4/c1-16(2)35-22(9-10-30-35)26(37)33-24(18-7-5-17(3)6-8-18)27(38)32-20-13-31-34(14-20)23(15-39-4)21-11-19(28)12-29-25(21)36/h9-14,16-18,23-24H,5-8,15H2,1-4H3,(H,29,36)(H,32,38)(H,33,37)/t17?,18?,23?,24-/m0/s1. The zero-order valence-electron chi connectivity index (χ0n) is 22.7. The van der Waals surface area contributed by atoms with Gasteiger partial charge in [-0.15, -0.1) is 0 Å².